The molecule has 0 spiro atoms. The average molecular weight is 373 g/mol. The topological polar surface area (TPSA) is 65.4 Å². The number of rotatable bonds is 5. The van der Waals surface area contributed by atoms with Crippen LogP contribution in [-0.2, 0) is 16.5 Å². The highest BCUT2D eigenvalue weighted by molar-refractivity contribution is 5.95. The summed E-state index contributed by atoms with van der Waals surface area (Å²) in [5.41, 5.74) is 2.37. The molecule has 4 rings (SSSR count). The van der Waals surface area contributed by atoms with Crippen LogP contribution in [0.4, 0.5) is 4.39 Å². The molecule has 0 aliphatic carbocycles. The number of hydrogen-bond acceptors (Lipinski definition) is 4. The predicted molar refractivity (Wildman–Crippen MR) is 96.9 cm³/mol. The minimum absolute atomic E-state index is 0.116. The fraction of sp³-hybridized carbons (Fsp3) is 0.500. The van der Waals surface area contributed by atoms with E-state index >= 15 is 0 Å². The van der Waals surface area contributed by atoms with Crippen LogP contribution in [0, 0.1) is 11.7 Å². The highest BCUT2D eigenvalue weighted by Gasteiger charge is 2.31. The number of aryl methyl sites for hydroxylation is 1. The number of aromatic nitrogens is 2. The van der Waals surface area contributed by atoms with E-state index < -0.39 is 0 Å². The monoisotopic (exact) mass is 373 g/mol. The van der Waals surface area contributed by atoms with Crippen molar-refractivity contribution in [3.05, 3.63) is 53.1 Å². The van der Waals surface area contributed by atoms with Crippen molar-refractivity contribution in [2.24, 2.45) is 13.0 Å². The number of carbonyl (C=O) groups is 1. The maximum Gasteiger partial charge on any atom is 0.254 e. The molecule has 7 heteroatoms. The van der Waals surface area contributed by atoms with Crippen molar-refractivity contribution in [3.63, 3.8) is 0 Å². The molecule has 2 aromatic rings. The van der Waals surface area contributed by atoms with Crippen LogP contribution in [0.5, 0.6) is 0 Å². The molecular weight excluding hydrogens is 349 g/mol. The lowest BCUT2D eigenvalue weighted by Gasteiger charge is -2.19. The van der Waals surface area contributed by atoms with Gasteiger partial charge in [-0.15, -0.1) is 0 Å². The lowest BCUT2D eigenvalue weighted by atomic mass is 9.95. The van der Waals surface area contributed by atoms with Gasteiger partial charge in [0.25, 0.3) is 5.91 Å². The van der Waals surface area contributed by atoms with Crippen molar-refractivity contribution in [3.8, 4) is 0 Å². The normalized spacial score (nSPS) is 25.0. The Morgan fingerprint density at radius 3 is 2.85 bits per heavy atom. The molecule has 3 heterocycles. The first-order valence-electron chi connectivity index (χ1n) is 9.38. The van der Waals surface area contributed by atoms with Crippen molar-refractivity contribution in [2.75, 3.05) is 26.4 Å². The van der Waals surface area contributed by atoms with Crippen LogP contribution >= 0.6 is 0 Å². The summed E-state index contributed by atoms with van der Waals surface area (Å²) < 4.78 is 26.1. The molecule has 1 aromatic heterocycles. The molecule has 1 aromatic carbocycles. The van der Waals surface area contributed by atoms with E-state index in [4.69, 9.17) is 9.47 Å². The average Bonchev–Trinajstić information content (AvgIpc) is 3.40. The highest BCUT2D eigenvalue weighted by atomic mass is 19.1. The van der Waals surface area contributed by atoms with Crippen molar-refractivity contribution in [1.29, 1.82) is 0 Å². The second-order valence-corrected chi connectivity index (χ2v) is 7.26. The Bertz CT molecular complexity index is 799. The molecule has 1 amide bonds. The molecule has 1 N–H and O–H groups in total. The number of halogens is 1. The number of nitrogens with zero attached hydrogens (tertiary/aromatic N) is 2. The third kappa shape index (κ3) is 3.89. The standard InChI is InChI=1S/C20H24FN3O3/c1-24-11-17(18(23-24)15-6-8-26-12-15)20(25)22-10-14-7-9-27-19(14)13-2-4-16(21)5-3-13/h2-5,11,14-15,19H,6-10,12H2,1H3,(H,22,25)/t14-,15?,19-/m0/s1. The van der Waals surface area contributed by atoms with Gasteiger partial charge in [-0.2, -0.15) is 5.10 Å². The molecule has 0 bridgehead atoms. The second-order valence-electron chi connectivity index (χ2n) is 7.26. The van der Waals surface area contributed by atoms with E-state index in [9.17, 15) is 9.18 Å². The fourth-order valence-corrected chi connectivity index (χ4v) is 3.92. The van der Waals surface area contributed by atoms with Crippen LogP contribution < -0.4 is 5.32 Å². The van der Waals surface area contributed by atoms with Crippen molar-refractivity contribution < 1.29 is 18.7 Å². The molecule has 2 fully saturated rings. The van der Waals surface area contributed by atoms with E-state index in [1.54, 1.807) is 23.0 Å². The van der Waals surface area contributed by atoms with Crippen LogP contribution in [-0.4, -0.2) is 42.1 Å². The summed E-state index contributed by atoms with van der Waals surface area (Å²) in [7, 11) is 1.82. The lowest BCUT2D eigenvalue weighted by molar-refractivity contribution is 0.0845. The fourth-order valence-electron chi connectivity index (χ4n) is 3.92. The molecule has 0 radical (unpaired) electrons. The van der Waals surface area contributed by atoms with E-state index in [0.717, 1.165) is 24.1 Å². The third-order valence-electron chi connectivity index (χ3n) is 5.36. The van der Waals surface area contributed by atoms with E-state index in [2.05, 4.69) is 10.4 Å². The Morgan fingerprint density at radius 1 is 1.30 bits per heavy atom. The molecule has 27 heavy (non-hydrogen) atoms. The van der Waals surface area contributed by atoms with Crippen molar-refractivity contribution in [2.45, 2.75) is 24.9 Å². The van der Waals surface area contributed by atoms with Crippen molar-refractivity contribution in [1.82, 2.24) is 15.1 Å². The Morgan fingerprint density at radius 2 is 2.11 bits per heavy atom. The summed E-state index contributed by atoms with van der Waals surface area (Å²) in [6.07, 6.45) is 3.40. The SMILES string of the molecule is Cn1cc(C(=O)NC[C@@H]2CCO[C@H]2c2ccc(F)cc2)c(C2CCOC2)n1. The van der Waals surface area contributed by atoms with Gasteiger partial charge in [0, 0.05) is 44.8 Å². The largest absolute Gasteiger partial charge is 0.381 e. The number of carbonyl (C=O) groups excluding carboxylic acids is 1. The summed E-state index contributed by atoms with van der Waals surface area (Å²) in [6, 6.07) is 6.38. The van der Waals surface area contributed by atoms with Gasteiger partial charge in [-0.3, -0.25) is 9.48 Å². The zero-order chi connectivity index (χ0) is 18.8. The van der Waals surface area contributed by atoms with E-state index in [1.165, 1.54) is 12.1 Å². The predicted octanol–water partition coefficient (Wildman–Crippen LogP) is 2.57. The number of ether oxygens (including phenoxy) is 2. The molecule has 0 saturated carbocycles. The van der Waals surface area contributed by atoms with Gasteiger partial charge in [0.05, 0.1) is 24.0 Å². The molecule has 2 aliphatic rings. The number of hydrogen-bond donors (Lipinski definition) is 1. The highest BCUT2D eigenvalue weighted by Crippen LogP contribution is 2.34. The minimum atomic E-state index is -0.262. The molecule has 1 unspecified atom stereocenters. The number of nitrogens with one attached hydrogen (secondary N) is 1. The first kappa shape index (κ1) is 18.1. The second kappa shape index (κ2) is 7.78. The summed E-state index contributed by atoms with van der Waals surface area (Å²) >= 11 is 0. The summed E-state index contributed by atoms with van der Waals surface area (Å²) in [4.78, 5) is 12.8. The molecule has 6 nitrogen and oxygen atoms in total. The first-order valence-corrected chi connectivity index (χ1v) is 9.38. The zero-order valence-corrected chi connectivity index (χ0v) is 15.4. The van der Waals surface area contributed by atoms with Crippen LogP contribution in [0.1, 0.15) is 46.5 Å². The Kier molecular flexibility index (Phi) is 5.22. The van der Waals surface area contributed by atoms with Crippen LogP contribution in [0.15, 0.2) is 30.5 Å². The Balaban J connectivity index is 1.42. The zero-order valence-electron chi connectivity index (χ0n) is 15.4. The summed E-state index contributed by atoms with van der Waals surface area (Å²) in [5.74, 6) is -0.0422. The van der Waals surface area contributed by atoms with Gasteiger partial charge in [0.2, 0.25) is 0 Å². The van der Waals surface area contributed by atoms with E-state index in [1.807, 2.05) is 7.05 Å². The Labute approximate surface area is 157 Å². The summed E-state index contributed by atoms with van der Waals surface area (Å²) in [6.45, 7) is 2.47. The molecular formula is C20H24FN3O3. The first-order chi connectivity index (χ1) is 13.1. The van der Waals surface area contributed by atoms with Crippen LogP contribution in [0.2, 0.25) is 0 Å². The molecule has 3 atom stereocenters. The summed E-state index contributed by atoms with van der Waals surface area (Å²) in [5, 5.41) is 7.52. The van der Waals surface area contributed by atoms with Crippen LogP contribution in [0.3, 0.4) is 0 Å². The lowest BCUT2D eigenvalue weighted by Crippen LogP contribution is -2.31. The van der Waals surface area contributed by atoms with Crippen molar-refractivity contribution >= 4 is 5.91 Å². The smallest absolute Gasteiger partial charge is 0.254 e. The van der Waals surface area contributed by atoms with Gasteiger partial charge < -0.3 is 14.8 Å². The van der Waals surface area contributed by atoms with E-state index in [0.29, 0.717) is 31.9 Å². The molecule has 2 saturated heterocycles. The third-order valence-corrected chi connectivity index (χ3v) is 5.36. The molecule has 144 valence electrons. The van der Waals surface area contributed by atoms with E-state index in [-0.39, 0.29) is 29.7 Å². The molecule has 2 aliphatic heterocycles. The minimum Gasteiger partial charge on any atom is -0.381 e. The van der Waals surface area contributed by atoms with Gasteiger partial charge >= 0.3 is 0 Å². The Hall–Kier alpha value is -2.25. The van der Waals surface area contributed by atoms with Gasteiger partial charge in [-0.25, -0.2) is 4.39 Å². The quantitative estimate of drug-likeness (QED) is 0.875. The van der Waals surface area contributed by atoms with Gasteiger partial charge in [-0.05, 0) is 30.5 Å². The number of benzene rings is 1. The van der Waals surface area contributed by atoms with Gasteiger partial charge in [0.1, 0.15) is 5.82 Å². The maximum atomic E-state index is 13.2. The van der Waals surface area contributed by atoms with Crippen LogP contribution in [0.25, 0.3) is 0 Å². The van der Waals surface area contributed by atoms with Gasteiger partial charge in [0.15, 0.2) is 0 Å². The maximum absolute atomic E-state index is 13.2. The number of amides is 1. The van der Waals surface area contributed by atoms with Gasteiger partial charge in [-0.1, -0.05) is 12.1 Å².